The zero-order chi connectivity index (χ0) is 21.8. The highest BCUT2D eigenvalue weighted by molar-refractivity contribution is 7.11. The fourth-order valence-corrected chi connectivity index (χ4v) is 4.04. The normalized spacial score (nSPS) is 14.1. The van der Waals surface area contributed by atoms with Gasteiger partial charge in [0.05, 0.1) is 28.7 Å². The van der Waals surface area contributed by atoms with Crippen molar-refractivity contribution in [2.45, 2.75) is 26.0 Å². The number of halogens is 2. The van der Waals surface area contributed by atoms with Crippen LogP contribution < -0.4 is 16.8 Å². The number of aliphatic hydroxyl groups is 1. The van der Waals surface area contributed by atoms with Gasteiger partial charge in [0.1, 0.15) is 16.9 Å². The molecule has 1 aliphatic carbocycles. The van der Waals surface area contributed by atoms with Crippen LogP contribution in [0, 0.1) is 12.7 Å². The molecule has 158 valence electrons. The monoisotopic (exact) mass is 449 g/mol. The van der Waals surface area contributed by atoms with Gasteiger partial charge in [-0.05, 0) is 30.2 Å². The fraction of sp³-hybridized carbons (Fsp3) is 0.250. The number of aliphatic imine (C=N–C) groups is 1. The molecule has 0 saturated heterocycles. The minimum atomic E-state index is -0.554. The van der Waals surface area contributed by atoms with Gasteiger partial charge in [-0.25, -0.2) is 9.37 Å². The standard InChI is InChI=1S/C20H21ClFN5O2S/c1-10-17(9-28)30-19(26-10)16(8-25-20(23)24)27-18(29)13-3-2-11(6-13)12-4-5-14(21)15(22)7-12/h2-5,7,16,28H,6,8-9H2,1H3,(H,27,29)(H4,23,24,25). The van der Waals surface area contributed by atoms with Gasteiger partial charge in [0, 0.05) is 12.0 Å². The van der Waals surface area contributed by atoms with Gasteiger partial charge >= 0.3 is 0 Å². The van der Waals surface area contributed by atoms with Crippen LogP contribution in [0.3, 0.4) is 0 Å². The Hall–Kier alpha value is -2.75. The van der Waals surface area contributed by atoms with Gasteiger partial charge in [-0.3, -0.25) is 9.79 Å². The first-order chi connectivity index (χ1) is 14.3. The van der Waals surface area contributed by atoms with E-state index in [2.05, 4.69) is 15.3 Å². The van der Waals surface area contributed by atoms with Crippen LogP contribution in [-0.2, 0) is 11.4 Å². The SMILES string of the molecule is Cc1nc(C(CN=C(N)N)NC(=O)C2=CC=C(c3ccc(Cl)c(F)c3)C2)sc1CO. The Morgan fingerprint density at radius 2 is 2.20 bits per heavy atom. The van der Waals surface area contributed by atoms with Crippen LogP contribution in [-0.4, -0.2) is 28.5 Å². The average molecular weight is 450 g/mol. The van der Waals surface area contributed by atoms with Crippen LogP contribution in [0.25, 0.3) is 5.57 Å². The predicted molar refractivity (Wildman–Crippen MR) is 116 cm³/mol. The number of hydrogen-bond acceptors (Lipinski definition) is 5. The Morgan fingerprint density at radius 1 is 1.43 bits per heavy atom. The lowest BCUT2D eigenvalue weighted by Gasteiger charge is -2.15. The second-order valence-electron chi connectivity index (χ2n) is 6.70. The van der Waals surface area contributed by atoms with Gasteiger partial charge < -0.3 is 21.9 Å². The number of aromatic nitrogens is 1. The van der Waals surface area contributed by atoms with Crippen molar-refractivity contribution >= 4 is 40.4 Å². The van der Waals surface area contributed by atoms with Crippen molar-refractivity contribution in [1.82, 2.24) is 10.3 Å². The van der Waals surface area contributed by atoms with Crippen LogP contribution in [0.2, 0.25) is 5.02 Å². The number of thiazole rings is 1. The number of nitrogens with two attached hydrogens (primary N) is 2. The molecule has 0 fully saturated rings. The van der Waals surface area contributed by atoms with E-state index in [1.54, 1.807) is 25.1 Å². The van der Waals surface area contributed by atoms with E-state index in [1.165, 1.54) is 23.5 Å². The molecule has 0 radical (unpaired) electrons. The van der Waals surface area contributed by atoms with Gasteiger partial charge in [0.2, 0.25) is 5.91 Å². The van der Waals surface area contributed by atoms with E-state index in [-0.39, 0.29) is 30.0 Å². The molecule has 10 heteroatoms. The molecule has 1 aliphatic rings. The molecule has 30 heavy (non-hydrogen) atoms. The molecule has 0 bridgehead atoms. The second kappa shape index (κ2) is 9.38. The Balaban J connectivity index is 1.72. The van der Waals surface area contributed by atoms with Crippen LogP contribution in [0.1, 0.15) is 33.6 Å². The summed E-state index contributed by atoms with van der Waals surface area (Å²) in [5.41, 5.74) is 13.6. The maximum Gasteiger partial charge on any atom is 0.248 e. The number of amides is 1. The molecule has 3 rings (SSSR count). The molecule has 0 saturated carbocycles. The number of carbonyl (C=O) groups excluding carboxylic acids is 1. The molecule has 1 heterocycles. The molecule has 1 atom stereocenters. The van der Waals surface area contributed by atoms with Crippen molar-refractivity contribution in [2.75, 3.05) is 6.54 Å². The topological polar surface area (TPSA) is 127 Å². The van der Waals surface area contributed by atoms with Crippen molar-refractivity contribution < 1.29 is 14.3 Å². The molecule has 0 aliphatic heterocycles. The molecule has 0 spiro atoms. The largest absolute Gasteiger partial charge is 0.391 e. The summed E-state index contributed by atoms with van der Waals surface area (Å²) in [7, 11) is 0. The number of nitrogens with one attached hydrogen (secondary N) is 1. The number of allylic oxidation sites excluding steroid dienone is 3. The summed E-state index contributed by atoms with van der Waals surface area (Å²) in [5, 5.41) is 13.0. The van der Waals surface area contributed by atoms with Crippen LogP contribution in [0.15, 0.2) is 40.9 Å². The summed E-state index contributed by atoms with van der Waals surface area (Å²) < 4.78 is 13.7. The fourth-order valence-electron chi connectivity index (χ4n) is 2.95. The van der Waals surface area contributed by atoms with Crippen molar-refractivity contribution in [1.29, 1.82) is 0 Å². The Kier molecular flexibility index (Phi) is 6.86. The van der Waals surface area contributed by atoms with E-state index in [0.717, 1.165) is 5.57 Å². The quantitative estimate of drug-likeness (QED) is 0.381. The summed E-state index contributed by atoms with van der Waals surface area (Å²) in [4.78, 5) is 22.0. The number of hydrogen-bond donors (Lipinski definition) is 4. The number of rotatable bonds is 7. The van der Waals surface area contributed by atoms with Crippen molar-refractivity contribution in [3.63, 3.8) is 0 Å². The molecule has 1 aromatic heterocycles. The van der Waals surface area contributed by atoms with Crippen molar-refractivity contribution in [3.05, 3.63) is 67.9 Å². The first-order valence-electron chi connectivity index (χ1n) is 9.07. The third kappa shape index (κ3) is 5.05. The van der Waals surface area contributed by atoms with Crippen molar-refractivity contribution in [2.24, 2.45) is 16.5 Å². The Labute approximate surface area is 182 Å². The minimum Gasteiger partial charge on any atom is -0.391 e. The first kappa shape index (κ1) is 21.9. The maximum absolute atomic E-state index is 13.7. The lowest BCUT2D eigenvalue weighted by molar-refractivity contribution is -0.118. The summed E-state index contributed by atoms with van der Waals surface area (Å²) in [6.07, 6.45) is 3.82. The molecule has 6 N–H and O–H groups in total. The number of guanidine groups is 1. The molecule has 1 aromatic carbocycles. The minimum absolute atomic E-state index is 0.0480. The molecule has 1 unspecified atom stereocenters. The summed E-state index contributed by atoms with van der Waals surface area (Å²) >= 11 is 7.03. The molecule has 7 nitrogen and oxygen atoms in total. The van der Waals surface area contributed by atoms with Gasteiger partial charge in [-0.15, -0.1) is 11.3 Å². The highest BCUT2D eigenvalue weighted by Crippen LogP contribution is 2.31. The van der Waals surface area contributed by atoms with E-state index >= 15 is 0 Å². The van der Waals surface area contributed by atoms with E-state index < -0.39 is 11.9 Å². The first-order valence-corrected chi connectivity index (χ1v) is 10.3. The third-order valence-electron chi connectivity index (χ3n) is 4.56. The van der Waals surface area contributed by atoms with Gasteiger partial charge in [-0.1, -0.05) is 29.8 Å². The number of benzene rings is 1. The number of carbonyl (C=O) groups is 1. The Morgan fingerprint density at radius 3 is 2.83 bits per heavy atom. The molecule has 1 amide bonds. The van der Waals surface area contributed by atoms with Gasteiger partial charge in [0.15, 0.2) is 5.96 Å². The van der Waals surface area contributed by atoms with E-state index in [1.807, 2.05) is 0 Å². The summed E-state index contributed by atoms with van der Waals surface area (Å²) in [5.74, 6) is -0.910. The van der Waals surface area contributed by atoms with E-state index in [0.29, 0.717) is 33.1 Å². The highest BCUT2D eigenvalue weighted by atomic mass is 35.5. The van der Waals surface area contributed by atoms with Gasteiger partial charge in [0.25, 0.3) is 0 Å². The summed E-state index contributed by atoms with van der Waals surface area (Å²) in [6.45, 7) is 1.76. The van der Waals surface area contributed by atoms with E-state index in [4.69, 9.17) is 23.1 Å². The molecular formula is C20H21ClFN5O2S. The number of aryl methyl sites for hydroxylation is 1. The lowest BCUT2D eigenvalue weighted by atomic mass is 10.0. The maximum atomic E-state index is 13.7. The zero-order valence-corrected chi connectivity index (χ0v) is 17.7. The van der Waals surface area contributed by atoms with Crippen LogP contribution >= 0.6 is 22.9 Å². The number of nitrogens with zero attached hydrogens (tertiary/aromatic N) is 2. The number of aliphatic hydroxyl groups excluding tert-OH is 1. The van der Waals surface area contributed by atoms with Gasteiger partial charge in [-0.2, -0.15) is 0 Å². The third-order valence-corrected chi connectivity index (χ3v) is 6.12. The molecular weight excluding hydrogens is 429 g/mol. The Bertz CT molecular complexity index is 1060. The molecule has 2 aromatic rings. The van der Waals surface area contributed by atoms with Crippen LogP contribution in [0.5, 0.6) is 0 Å². The van der Waals surface area contributed by atoms with E-state index in [9.17, 15) is 14.3 Å². The zero-order valence-electron chi connectivity index (χ0n) is 16.2. The lowest BCUT2D eigenvalue weighted by Crippen LogP contribution is -2.33. The van der Waals surface area contributed by atoms with Crippen LogP contribution in [0.4, 0.5) is 4.39 Å². The predicted octanol–water partition coefficient (Wildman–Crippen LogP) is 2.58. The second-order valence-corrected chi connectivity index (χ2v) is 8.22. The highest BCUT2D eigenvalue weighted by Gasteiger charge is 2.23. The van der Waals surface area contributed by atoms with Crippen molar-refractivity contribution in [3.8, 4) is 0 Å². The summed E-state index contributed by atoms with van der Waals surface area (Å²) in [6, 6.07) is 3.99. The average Bonchev–Trinajstić information content (AvgIpc) is 3.34. The smallest absolute Gasteiger partial charge is 0.248 e.